The van der Waals surface area contributed by atoms with Crippen molar-refractivity contribution in [2.24, 2.45) is 5.10 Å². The van der Waals surface area contributed by atoms with Gasteiger partial charge >= 0.3 is 0 Å². The van der Waals surface area contributed by atoms with E-state index in [0.29, 0.717) is 28.0 Å². The zero-order valence-electron chi connectivity index (χ0n) is 13.4. The number of sulfone groups is 1. The van der Waals surface area contributed by atoms with Crippen LogP contribution >= 0.6 is 35.4 Å². The van der Waals surface area contributed by atoms with Gasteiger partial charge in [-0.3, -0.25) is 5.43 Å². The number of halogens is 2. The van der Waals surface area contributed by atoms with E-state index < -0.39 is 9.84 Å². The van der Waals surface area contributed by atoms with E-state index in [1.165, 1.54) is 6.21 Å². The highest BCUT2D eigenvalue weighted by Gasteiger charge is 2.28. The zero-order valence-corrected chi connectivity index (χ0v) is 16.6. The molecule has 1 saturated heterocycles. The average Bonchev–Trinajstić information content (AvgIpc) is 3.14. The van der Waals surface area contributed by atoms with Gasteiger partial charge < -0.3 is 9.73 Å². The van der Waals surface area contributed by atoms with Gasteiger partial charge in [0.25, 0.3) is 0 Å². The number of benzene rings is 1. The molecule has 0 aliphatic carbocycles. The van der Waals surface area contributed by atoms with Crippen LogP contribution in [0.3, 0.4) is 0 Å². The van der Waals surface area contributed by atoms with Crippen molar-refractivity contribution >= 4 is 56.6 Å². The summed E-state index contributed by atoms with van der Waals surface area (Å²) in [4.78, 5) is 0. The van der Waals surface area contributed by atoms with Crippen molar-refractivity contribution in [3.05, 3.63) is 46.1 Å². The van der Waals surface area contributed by atoms with Crippen molar-refractivity contribution in [3.63, 3.8) is 0 Å². The van der Waals surface area contributed by atoms with E-state index in [4.69, 9.17) is 39.8 Å². The molecule has 0 radical (unpaired) electrons. The van der Waals surface area contributed by atoms with E-state index >= 15 is 0 Å². The van der Waals surface area contributed by atoms with Gasteiger partial charge in [0.05, 0.1) is 22.7 Å². The summed E-state index contributed by atoms with van der Waals surface area (Å²) in [5.74, 6) is 1.36. The van der Waals surface area contributed by atoms with Crippen molar-refractivity contribution in [2.45, 2.75) is 12.5 Å². The molecule has 2 aromatic rings. The minimum Gasteiger partial charge on any atom is -0.455 e. The maximum absolute atomic E-state index is 11.4. The van der Waals surface area contributed by atoms with Crippen LogP contribution in [0.5, 0.6) is 0 Å². The lowest BCUT2D eigenvalue weighted by Crippen LogP contribution is -2.40. The van der Waals surface area contributed by atoms with Gasteiger partial charge in [0.1, 0.15) is 11.5 Å². The van der Waals surface area contributed by atoms with Crippen LogP contribution in [0.1, 0.15) is 12.2 Å². The molecular weight excluding hydrogens is 417 g/mol. The summed E-state index contributed by atoms with van der Waals surface area (Å²) in [6, 6.07) is 8.48. The smallest absolute Gasteiger partial charge is 0.187 e. The first-order chi connectivity index (χ1) is 12.3. The highest BCUT2D eigenvalue weighted by molar-refractivity contribution is 7.91. The van der Waals surface area contributed by atoms with Crippen molar-refractivity contribution in [1.29, 1.82) is 0 Å². The molecule has 1 aliphatic rings. The van der Waals surface area contributed by atoms with Crippen molar-refractivity contribution in [2.75, 3.05) is 11.5 Å². The number of furan rings is 1. The number of thiocarbonyl (C=S) groups is 1. The fraction of sp³-hybridized carbons (Fsp3) is 0.250. The van der Waals surface area contributed by atoms with E-state index in [9.17, 15) is 8.42 Å². The highest BCUT2D eigenvalue weighted by atomic mass is 35.5. The molecule has 0 amide bonds. The second-order valence-corrected chi connectivity index (χ2v) is 9.25. The average molecular weight is 432 g/mol. The maximum Gasteiger partial charge on any atom is 0.187 e. The van der Waals surface area contributed by atoms with Gasteiger partial charge in [-0.2, -0.15) is 5.10 Å². The summed E-state index contributed by atoms with van der Waals surface area (Å²) in [6.45, 7) is 0. The van der Waals surface area contributed by atoms with E-state index in [1.54, 1.807) is 30.3 Å². The Labute approximate surface area is 166 Å². The van der Waals surface area contributed by atoms with Gasteiger partial charge in [-0.1, -0.05) is 23.2 Å². The van der Waals surface area contributed by atoms with Crippen molar-refractivity contribution in [1.82, 2.24) is 10.7 Å². The predicted molar refractivity (Wildman–Crippen MR) is 108 cm³/mol. The molecule has 0 saturated carbocycles. The van der Waals surface area contributed by atoms with E-state index in [0.717, 1.165) is 5.56 Å². The Hall–Kier alpha value is -1.61. The number of nitrogens with one attached hydrogen (secondary N) is 2. The zero-order chi connectivity index (χ0) is 18.7. The first-order valence-electron chi connectivity index (χ1n) is 7.68. The molecule has 1 fully saturated rings. The molecule has 138 valence electrons. The summed E-state index contributed by atoms with van der Waals surface area (Å²) in [6.07, 6.45) is 2.00. The molecule has 10 heteroatoms. The quantitative estimate of drug-likeness (QED) is 0.439. The topological polar surface area (TPSA) is 83.7 Å². The Morgan fingerprint density at radius 3 is 2.81 bits per heavy atom. The molecule has 2 N–H and O–H groups in total. The summed E-state index contributed by atoms with van der Waals surface area (Å²) >= 11 is 17.2. The molecule has 6 nitrogen and oxygen atoms in total. The van der Waals surface area contributed by atoms with Gasteiger partial charge in [0.2, 0.25) is 0 Å². The maximum atomic E-state index is 11.4. The van der Waals surface area contributed by atoms with Crippen LogP contribution < -0.4 is 10.7 Å². The lowest BCUT2D eigenvalue weighted by atomic mass is 10.2. The SMILES string of the molecule is O=S1(=O)CCC(NC(=S)N/N=C/c2ccc(-c3ccc(Cl)cc3Cl)o2)C1. The Bertz CT molecular complexity index is 957. The minimum absolute atomic E-state index is 0.0852. The van der Waals surface area contributed by atoms with E-state index in [2.05, 4.69) is 15.8 Å². The summed E-state index contributed by atoms with van der Waals surface area (Å²) in [5, 5.41) is 8.22. The number of nitrogens with zero attached hydrogens (tertiary/aromatic N) is 1. The van der Waals surface area contributed by atoms with Gasteiger partial charge in [-0.05, 0) is 49.0 Å². The van der Waals surface area contributed by atoms with Crippen LogP contribution in [-0.2, 0) is 9.84 Å². The van der Waals surface area contributed by atoms with Crippen molar-refractivity contribution in [3.8, 4) is 11.3 Å². The van der Waals surface area contributed by atoms with Gasteiger partial charge in [0, 0.05) is 16.6 Å². The van der Waals surface area contributed by atoms with Crippen LogP contribution in [0, 0.1) is 0 Å². The number of hydrogen-bond donors (Lipinski definition) is 2. The Kier molecular flexibility index (Phi) is 5.86. The fourth-order valence-electron chi connectivity index (χ4n) is 2.54. The lowest BCUT2D eigenvalue weighted by molar-refractivity contribution is 0.574. The summed E-state index contributed by atoms with van der Waals surface area (Å²) < 4.78 is 28.5. The Morgan fingerprint density at radius 2 is 2.12 bits per heavy atom. The van der Waals surface area contributed by atoms with Crippen LogP contribution in [0.2, 0.25) is 10.0 Å². The monoisotopic (exact) mass is 431 g/mol. The molecule has 26 heavy (non-hydrogen) atoms. The van der Waals surface area contributed by atoms with Gasteiger partial charge in [0.15, 0.2) is 14.9 Å². The molecule has 1 aromatic heterocycles. The van der Waals surface area contributed by atoms with E-state index in [-0.39, 0.29) is 22.7 Å². The molecule has 1 atom stereocenters. The van der Waals surface area contributed by atoms with Crippen LogP contribution in [-0.4, -0.2) is 37.3 Å². The Balaban J connectivity index is 1.56. The molecule has 2 heterocycles. The highest BCUT2D eigenvalue weighted by Crippen LogP contribution is 2.31. The summed E-state index contributed by atoms with van der Waals surface area (Å²) in [5.41, 5.74) is 3.37. The second kappa shape index (κ2) is 7.96. The predicted octanol–water partition coefficient (Wildman–Crippen LogP) is 3.24. The summed E-state index contributed by atoms with van der Waals surface area (Å²) in [7, 11) is -2.96. The normalized spacial score (nSPS) is 18.9. The molecule has 0 bridgehead atoms. The van der Waals surface area contributed by atoms with Crippen LogP contribution in [0.25, 0.3) is 11.3 Å². The van der Waals surface area contributed by atoms with Crippen LogP contribution in [0.15, 0.2) is 39.9 Å². The van der Waals surface area contributed by atoms with Gasteiger partial charge in [-0.25, -0.2) is 8.42 Å². The lowest BCUT2D eigenvalue weighted by Gasteiger charge is -2.11. The van der Waals surface area contributed by atoms with Crippen molar-refractivity contribution < 1.29 is 12.8 Å². The second-order valence-electron chi connectivity index (χ2n) is 5.77. The molecule has 1 unspecified atom stereocenters. The molecule has 3 rings (SSSR count). The molecule has 1 aromatic carbocycles. The molecule has 0 spiro atoms. The number of hydrogen-bond acceptors (Lipinski definition) is 5. The van der Waals surface area contributed by atoms with E-state index in [1.807, 2.05) is 0 Å². The fourth-order valence-corrected chi connectivity index (χ4v) is 4.93. The largest absolute Gasteiger partial charge is 0.455 e. The minimum atomic E-state index is -2.96. The number of rotatable bonds is 4. The third kappa shape index (κ3) is 4.97. The number of hydrazone groups is 1. The Morgan fingerprint density at radius 1 is 1.31 bits per heavy atom. The van der Waals surface area contributed by atoms with Crippen LogP contribution in [0.4, 0.5) is 0 Å². The van der Waals surface area contributed by atoms with Gasteiger partial charge in [-0.15, -0.1) is 0 Å². The first kappa shape index (κ1) is 19.2. The third-order valence-electron chi connectivity index (χ3n) is 3.75. The molecule has 1 aliphatic heterocycles. The standard InChI is InChI=1S/C16H15Cl2N3O3S2/c17-10-1-3-13(14(18)7-10)15-4-2-12(24-15)8-19-21-16(25)20-11-5-6-26(22,23)9-11/h1-4,7-8,11H,5-6,9H2,(H2,20,21,25)/b19-8+. The first-order valence-corrected chi connectivity index (χ1v) is 10.7. The molecular formula is C16H15Cl2N3O3S2. The third-order valence-corrected chi connectivity index (χ3v) is 6.27.